The summed E-state index contributed by atoms with van der Waals surface area (Å²) in [4.78, 5) is 56.9. The molecule has 3 aromatic rings. The molecular weight excluding hydrogens is 480 g/mol. The van der Waals surface area contributed by atoms with Crippen LogP contribution in [0.5, 0.6) is 0 Å². The fourth-order valence-electron chi connectivity index (χ4n) is 4.15. The molecule has 0 spiro atoms. The van der Waals surface area contributed by atoms with Gasteiger partial charge in [-0.2, -0.15) is 5.21 Å². The van der Waals surface area contributed by atoms with E-state index in [4.69, 9.17) is 0 Å². The molecule has 1 aliphatic heterocycles. The number of nitrogens with one attached hydrogen (secondary N) is 3. The van der Waals surface area contributed by atoms with Crippen LogP contribution >= 0.6 is 0 Å². The summed E-state index contributed by atoms with van der Waals surface area (Å²) in [5.41, 5.74) is 1.42. The first-order valence-electron chi connectivity index (χ1n) is 11.7. The number of tetrazole rings is 1. The van der Waals surface area contributed by atoms with Gasteiger partial charge < -0.3 is 15.7 Å². The summed E-state index contributed by atoms with van der Waals surface area (Å²) < 4.78 is 0. The molecule has 1 unspecified atom stereocenters. The number of carbonyl (C=O) groups excluding carboxylic acids is 3. The van der Waals surface area contributed by atoms with Gasteiger partial charge in [-0.05, 0) is 30.5 Å². The van der Waals surface area contributed by atoms with Crippen molar-refractivity contribution in [3.8, 4) is 0 Å². The van der Waals surface area contributed by atoms with Gasteiger partial charge in [-0.3, -0.25) is 24.1 Å². The van der Waals surface area contributed by atoms with Crippen molar-refractivity contribution in [1.82, 2.24) is 36.2 Å². The molecule has 13 heteroatoms. The Kier molecular flexibility index (Phi) is 7.81. The lowest BCUT2D eigenvalue weighted by molar-refractivity contribution is -0.138. The van der Waals surface area contributed by atoms with E-state index in [1.54, 1.807) is 43.3 Å². The molecule has 1 aromatic carbocycles. The molecule has 1 aliphatic rings. The predicted molar refractivity (Wildman–Crippen MR) is 129 cm³/mol. The number of amides is 3. The quantitative estimate of drug-likeness (QED) is 0.301. The van der Waals surface area contributed by atoms with Crippen LogP contribution in [0.4, 0.5) is 5.82 Å². The van der Waals surface area contributed by atoms with E-state index in [9.17, 15) is 24.3 Å². The van der Waals surface area contributed by atoms with Crippen molar-refractivity contribution in [2.24, 2.45) is 0 Å². The predicted octanol–water partition coefficient (Wildman–Crippen LogP) is 0.322. The lowest BCUT2D eigenvalue weighted by Crippen LogP contribution is -2.55. The number of carboxylic acid groups (broad SMARTS) is 1. The van der Waals surface area contributed by atoms with Crippen LogP contribution in [0.2, 0.25) is 0 Å². The lowest BCUT2D eigenvalue weighted by Gasteiger charge is -2.29. The second-order valence-electron chi connectivity index (χ2n) is 8.59. The average molecular weight is 507 g/mol. The van der Waals surface area contributed by atoms with Crippen LogP contribution in [-0.4, -0.2) is 66.5 Å². The van der Waals surface area contributed by atoms with Crippen LogP contribution in [0.1, 0.15) is 42.6 Å². The Hall–Kier alpha value is -4.68. The minimum absolute atomic E-state index is 0.00853. The third kappa shape index (κ3) is 5.94. The highest BCUT2D eigenvalue weighted by atomic mass is 16.4. The fraction of sp³-hybridized carbons (Fsp3) is 0.333. The zero-order valence-corrected chi connectivity index (χ0v) is 20.0. The topological polar surface area (TPSA) is 183 Å². The Balaban J connectivity index is 1.57. The highest BCUT2D eigenvalue weighted by molar-refractivity contribution is 6.06. The van der Waals surface area contributed by atoms with Gasteiger partial charge in [-0.25, -0.2) is 4.98 Å². The first kappa shape index (κ1) is 25.4. The van der Waals surface area contributed by atoms with Crippen molar-refractivity contribution in [1.29, 1.82) is 0 Å². The third-order valence-electron chi connectivity index (χ3n) is 6.12. The van der Waals surface area contributed by atoms with Gasteiger partial charge in [0.05, 0.1) is 12.5 Å². The number of hydrogen-bond donors (Lipinski definition) is 4. The van der Waals surface area contributed by atoms with E-state index in [1.165, 1.54) is 11.1 Å². The third-order valence-corrected chi connectivity index (χ3v) is 6.12. The highest BCUT2D eigenvalue weighted by Crippen LogP contribution is 2.31. The number of carboxylic acids is 1. The van der Waals surface area contributed by atoms with Crippen LogP contribution in [0.15, 0.2) is 48.7 Å². The van der Waals surface area contributed by atoms with Crippen molar-refractivity contribution in [2.75, 3.05) is 4.90 Å². The first-order valence-corrected chi connectivity index (χ1v) is 11.7. The van der Waals surface area contributed by atoms with E-state index >= 15 is 0 Å². The Morgan fingerprint density at radius 2 is 1.95 bits per heavy atom. The number of pyridine rings is 1. The summed E-state index contributed by atoms with van der Waals surface area (Å²) in [6, 6.07) is 10.3. The van der Waals surface area contributed by atoms with Crippen LogP contribution < -0.4 is 15.5 Å². The summed E-state index contributed by atoms with van der Waals surface area (Å²) in [7, 11) is 0. The SMILES string of the molecule is C[C@@H](C(=O)NC(CCC(=O)O)C(=O)N1c2ncccc2C[C@H]1C(=O)NCc1nn[nH]n1)c1ccccc1. The lowest BCUT2D eigenvalue weighted by atomic mass is 9.99. The normalized spacial score (nSPS) is 15.9. The van der Waals surface area contributed by atoms with E-state index in [0.29, 0.717) is 5.56 Å². The van der Waals surface area contributed by atoms with Crippen molar-refractivity contribution in [2.45, 2.75) is 50.7 Å². The molecule has 192 valence electrons. The molecule has 3 atom stereocenters. The molecule has 0 radical (unpaired) electrons. The number of rotatable bonds is 10. The number of carbonyl (C=O) groups is 4. The fourth-order valence-corrected chi connectivity index (χ4v) is 4.15. The van der Waals surface area contributed by atoms with Crippen LogP contribution in [-0.2, 0) is 32.1 Å². The number of benzene rings is 1. The van der Waals surface area contributed by atoms with Gasteiger partial charge in [0.15, 0.2) is 5.82 Å². The van der Waals surface area contributed by atoms with Gasteiger partial charge in [0.25, 0.3) is 5.91 Å². The smallest absolute Gasteiger partial charge is 0.303 e. The van der Waals surface area contributed by atoms with E-state index in [0.717, 1.165) is 5.56 Å². The van der Waals surface area contributed by atoms with Gasteiger partial charge >= 0.3 is 5.97 Å². The Bertz CT molecular complexity index is 1270. The van der Waals surface area contributed by atoms with Crippen LogP contribution in [0.3, 0.4) is 0 Å². The van der Waals surface area contributed by atoms with E-state index in [1.807, 2.05) is 6.07 Å². The number of H-pyrrole nitrogens is 1. The number of aromatic nitrogens is 5. The highest BCUT2D eigenvalue weighted by Gasteiger charge is 2.42. The monoisotopic (exact) mass is 506 g/mol. The molecule has 4 N–H and O–H groups in total. The summed E-state index contributed by atoms with van der Waals surface area (Å²) in [5.74, 6) is -2.67. The van der Waals surface area contributed by atoms with Crippen molar-refractivity contribution in [3.63, 3.8) is 0 Å². The number of aromatic amines is 1. The Morgan fingerprint density at radius 3 is 2.65 bits per heavy atom. The van der Waals surface area contributed by atoms with Crippen LogP contribution in [0.25, 0.3) is 0 Å². The molecule has 37 heavy (non-hydrogen) atoms. The van der Waals surface area contributed by atoms with Gasteiger partial charge in [-0.1, -0.05) is 41.6 Å². The molecule has 3 amide bonds. The molecule has 4 rings (SSSR count). The van der Waals surface area contributed by atoms with Crippen LogP contribution in [0, 0.1) is 0 Å². The molecule has 0 saturated heterocycles. The molecule has 3 heterocycles. The number of anilines is 1. The summed E-state index contributed by atoms with van der Waals surface area (Å²) in [5, 5.41) is 28.0. The standard InChI is InChI=1S/C24H26N8O5/c1-14(15-6-3-2-4-7-15)22(35)27-17(9-10-20(33)34)24(37)32-18(12-16-8-5-11-25-21(16)32)23(36)26-13-19-28-30-31-29-19/h2-8,11,14,17-18H,9-10,12-13H2,1H3,(H,26,36)(H,27,35)(H,33,34)(H,28,29,30,31)/t14-,17?,18+/m1/s1. The molecule has 2 aromatic heterocycles. The maximum Gasteiger partial charge on any atom is 0.303 e. The Labute approximate surface area is 211 Å². The maximum atomic E-state index is 13.8. The average Bonchev–Trinajstić information content (AvgIpc) is 3.57. The van der Waals surface area contributed by atoms with Gasteiger partial charge in [0.2, 0.25) is 11.8 Å². The maximum absolute atomic E-state index is 13.8. The number of nitrogens with zero attached hydrogens (tertiary/aromatic N) is 5. The molecule has 0 fully saturated rings. The summed E-state index contributed by atoms with van der Waals surface area (Å²) >= 11 is 0. The number of hydrogen-bond acceptors (Lipinski definition) is 8. The van der Waals surface area contributed by atoms with Crippen molar-refractivity contribution < 1.29 is 24.3 Å². The van der Waals surface area contributed by atoms with Crippen molar-refractivity contribution >= 4 is 29.5 Å². The van der Waals surface area contributed by atoms with Gasteiger partial charge in [0.1, 0.15) is 17.9 Å². The van der Waals surface area contributed by atoms with Crippen molar-refractivity contribution in [3.05, 3.63) is 65.6 Å². The molecule has 13 nitrogen and oxygen atoms in total. The minimum Gasteiger partial charge on any atom is -0.481 e. The largest absolute Gasteiger partial charge is 0.481 e. The Morgan fingerprint density at radius 1 is 1.16 bits per heavy atom. The number of fused-ring (bicyclic) bond motifs is 1. The van der Waals surface area contributed by atoms with Gasteiger partial charge in [0, 0.05) is 19.0 Å². The zero-order valence-electron chi connectivity index (χ0n) is 20.0. The second-order valence-corrected chi connectivity index (χ2v) is 8.59. The van der Waals surface area contributed by atoms with E-state index in [-0.39, 0.29) is 37.4 Å². The molecule has 0 aliphatic carbocycles. The molecule has 0 saturated carbocycles. The second kappa shape index (κ2) is 11.4. The summed E-state index contributed by atoms with van der Waals surface area (Å²) in [6.07, 6.45) is 1.19. The minimum atomic E-state index is -1.18. The molecular formula is C24H26N8O5. The summed E-state index contributed by atoms with van der Waals surface area (Å²) in [6.45, 7) is 1.69. The van der Waals surface area contributed by atoms with E-state index in [2.05, 4.69) is 36.2 Å². The van der Waals surface area contributed by atoms with Gasteiger partial charge in [-0.15, -0.1) is 10.2 Å². The molecule has 0 bridgehead atoms. The van der Waals surface area contributed by atoms with E-state index < -0.39 is 41.7 Å². The first-order chi connectivity index (χ1) is 17.8. The zero-order chi connectivity index (χ0) is 26.4. The number of aliphatic carboxylic acids is 1.